The minimum atomic E-state index is -0.385. The molecule has 160 valence electrons. The van der Waals surface area contributed by atoms with E-state index in [1.807, 2.05) is 0 Å². The maximum atomic E-state index is 12.6. The molecule has 1 saturated heterocycles. The highest BCUT2D eigenvalue weighted by Crippen LogP contribution is 2.22. The molecule has 1 aromatic heterocycles. The largest absolute Gasteiger partial charge is 0.348 e. The van der Waals surface area contributed by atoms with Gasteiger partial charge in [0.05, 0.1) is 11.1 Å². The maximum absolute atomic E-state index is 12.6. The molecule has 0 atom stereocenters. The summed E-state index contributed by atoms with van der Waals surface area (Å²) in [5, 5.41) is 8.77. The summed E-state index contributed by atoms with van der Waals surface area (Å²) in [6.07, 6.45) is 1.21. The predicted molar refractivity (Wildman–Crippen MR) is 108 cm³/mol. The van der Waals surface area contributed by atoms with E-state index in [-0.39, 0.29) is 53.9 Å². The van der Waals surface area contributed by atoms with Crippen LogP contribution in [0.4, 0.5) is 0 Å². The molecule has 10 heteroatoms. The molecule has 2 aliphatic rings. The number of aromatic nitrogens is 2. The zero-order valence-corrected chi connectivity index (χ0v) is 16.7. The lowest BCUT2D eigenvalue weighted by Crippen LogP contribution is -2.47. The molecular formula is C21H21N5O5. The van der Waals surface area contributed by atoms with Gasteiger partial charge in [0.25, 0.3) is 23.3 Å². The molecule has 2 aliphatic heterocycles. The molecule has 0 radical (unpaired) electrons. The fourth-order valence-electron chi connectivity index (χ4n) is 3.81. The number of benzene rings is 1. The van der Waals surface area contributed by atoms with Gasteiger partial charge in [-0.05, 0) is 31.0 Å². The number of aromatic amines is 1. The van der Waals surface area contributed by atoms with Crippen molar-refractivity contribution in [3.8, 4) is 0 Å². The van der Waals surface area contributed by atoms with Crippen LogP contribution < -0.4 is 10.9 Å². The van der Waals surface area contributed by atoms with Crippen LogP contribution in [0.15, 0.2) is 41.2 Å². The van der Waals surface area contributed by atoms with Crippen molar-refractivity contribution in [2.45, 2.75) is 25.3 Å². The third kappa shape index (κ3) is 4.23. The lowest BCUT2D eigenvalue weighted by atomic mass is 10.0. The summed E-state index contributed by atoms with van der Waals surface area (Å²) in [6.45, 7) is 0.968. The highest BCUT2D eigenvalue weighted by atomic mass is 16.2. The van der Waals surface area contributed by atoms with Crippen molar-refractivity contribution >= 4 is 23.6 Å². The van der Waals surface area contributed by atoms with Crippen LogP contribution in [0.25, 0.3) is 0 Å². The maximum Gasteiger partial charge on any atom is 0.271 e. The number of imide groups is 1. The summed E-state index contributed by atoms with van der Waals surface area (Å²) < 4.78 is 0. The van der Waals surface area contributed by atoms with Gasteiger partial charge in [-0.25, -0.2) is 5.10 Å². The number of carbonyl (C=O) groups is 4. The van der Waals surface area contributed by atoms with E-state index in [4.69, 9.17) is 0 Å². The summed E-state index contributed by atoms with van der Waals surface area (Å²) >= 11 is 0. The minimum absolute atomic E-state index is 0.0414. The molecule has 2 N–H and O–H groups in total. The molecule has 0 bridgehead atoms. The van der Waals surface area contributed by atoms with Crippen LogP contribution in [0.5, 0.6) is 0 Å². The van der Waals surface area contributed by atoms with E-state index < -0.39 is 0 Å². The third-order valence-corrected chi connectivity index (χ3v) is 5.52. The van der Waals surface area contributed by atoms with Crippen LogP contribution in [-0.2, 0) is 4.79 Å². The molecule has 0 aliphatic carbocycles. The molecule has 31 heavy (non-hydrogen) atoms. The molecule has 2 aromatic rings. The first-order chi connectivity index (χ1) is 14.9. The number of rotatable bonds is 5. The molecule has 1 aromatic carbocycles. The van der Waals surface area contributed by atoms with Gasteiger partial charge in [0.1, 0.15) is 5.69 Å². The Morgan fingerprint density at radius 2 is 1.65 bits per heavy atom. The summed E-state index contributed by atoms with van der Waals surface area (Å²) in [7, 11) is 0. The van der Waals surface area contributed by atoms with Crippen LogP contribution in [0.3, 0.4) is 0 Å². The molecule has 0 unspecified atom stereocenters. The van der Waals surface area contributed by atoms with Crippen LogP contribution in [0.1, 0.15) is 50.5 Å². The standard InChI is InChI=1S/C21H21N5O5/c27-17-6-5-16(23-24-17)19(29)22-13-7-10-25(11-8-13)18(28)9-12-26-20(30)14-3-1-2-4-15(14)21(26)31/h1-6,13H,7-12H2,(H,22,29)(H,24,27). The van der Waals surface area contributed by atoms with E-state index in [1.54, 1.807) is 29.2 Å². The SMILES string of the molecule is O=C(NC1CCN(C(=O)CCN2C(=O)c3ccccc3C2=O)CC1)c1ccc(=O)[nH]n1. The summed E-state index contributed by atoms with van der Waals surface area (Å²) in [5.41, 5.74) is 0.477. The van der Waals surface area contributed by atoms with Crippen molar-refractivity contribution in [3.05, 3.63) is 63.6 Å². The van der Waals surface area contributed by atoms with Gasteiger partial charge < -0.3 is 10.2 Å². The topological polar surface area (TPSA) is 133 Å². The monoisotopic (exact) mass is 423 g/mol. The Morgan fingerprint density at radius 1 is 1.00 bits per heavy atom. The van der Waals surface area contributed by atoms with Crippen molar-refractivity contribution in [2.24, 2.45) is 0 Å². The molecule has 0 saturated carbocycles. The summed E-state index contributed by atoms with van der Waals surface area (Å²) in [6, 6.07) is 9.10. The highest BCUT2D eigenvalue weighted by Gasteiger charge is 2.35. The first kappa shape index (κ1) is 20.5. The Balaban J connectivity index is 1.25. The van der Waals surface area contributed by atoms with Crippen molar-refractivity contribution in [1.29, 1.82) is 0 Å². The molecule has 0 spiro atoms. The number of hydrogen-bond acceptors (Lipinski definition) is 6. The lowest BCUT2D eigenvalue weighted by molar-refractivity contribution is -0.132. The molecule has 4 rings (SSSR count). The minimum Gasteiger partial charge on any atom is -0.348 e. The first-order valence-electron chi connectivity index (χ1n) is 10.0. The first-order valence-corrected chi connectivity index (χ1v) is 10.0. The number of carbonyl (C=O) groups excluding carboxylic acids is 4. The molecular weight excluding hydrogens is 402 g/mol. The Bertz CT molecular complexity index is 1050. The van der Waals surface area contributed by atoms with E-state index in [2.05, 4.69) is 15.5 Å². The highest BCUT2D eigenvalue weighted by molar-refractivity contribution is 6.21. The number of hydrogen-bond donors (Lipinski definition) is 2. The van der Waals surface area contributed by atoms with Gasteiger partial charge in [0.2, 0.25) is 5.91 Å². The van der Waals surface area contributed by atoms with Gasteiger partial charge in [-0.15, -0.1) is 0 Å². The molecule has 1 fully saturated rings. The molecule has 3 heterocycles. The second kappa shape index (κ2) is 8.50. The number of nitrogens with one attached hydrogen (secondary N) is 2. The average molecular weight is 423 g/mol. The fourth-order valence-corrected chi connectivity index (χ4v) is 3.81. The van der Waals surface area contributed by atoms with Gasteiger partial charge in [0, 0.05) is 38.2 Å². The smallest absolute Gasteiger partial charge is 0.271 e. The normalized spacial score (nSPS) is 16.4. The van der Waals surface area contributed by atoms with Gasteiger partial charge >= 0.3 is 0 Å². The van der Waals surface area contributed by atoms with Crippen LogP contribution in [0, 0.1) is 0 Å². The third-order valence-electron chi connectivity index (χ3n) is 5.52. The lowest BCUT2D eigenvalue weighted by Gasteiger charge is -2.32. The Hall–Kier alpha value is -3.82. The second-order valence-electron chi connectivity index (χ2n) is 7.49. The second-order valence-corrected chi connectivity index (χ2v) is 7.49. The van der Waals surface area contributed by atoms with E-state index >= 15 is 0 Å². The Morgan fingerprint density at radius 3 is 2.23 bits per heavy atom. The predicted octanol–water partition coefficient (Wildman–Crippen LogP) is 0.177. The molecule has 4 amide bonds. The number of nitrogens with zero attached hydrogens (tertiary/aromatic N) is 3. The quantitative estimate of drug-likeness (QED) is 0.659. The molecule has 10 nitrogen and oxygen atoms in total. The number of H-pyrrole nitrogens is 1. The number of piperidine rings is 1. The Kier molecular flexibility index (Phi) is 5.61. The summed E-state index contributed by atoms with van der Waals surface area (Å²) in [4.78, 5) is 63.4. The Labute approximate surface area is 177 Å². The van der Waals surface area contributed by atoms with Gasteiger partial charge in [-0.2, -0.15) is 5.10 Å². The van der Waals surface area contributed by atoms with E-state index in [0.717, 1.165) is 4.90 Å². The fraction of sp³-hybridized carbons (Fsp3) is 0.333. The van der Waals surface area contributed by atoms with Crippen molar-refractivity contribution in [3.63, 3.8) is 0 Å². The van der Waals surface area contributed by atoms with E-state index in [1.165, 1.54) is 12.1 Å². The average Bonchev–Trinajstić information content (AvgIpc) is 3.03. The van der Waals surface area contributed by atoms with Gasteiger partial charge in [-0.3, -0.25) is 28.9 Å². The summed E-state index contributed by atoms with van der Waals surface area (Å²) in [5.74, 6) is -1.26. The van der Waals surface area contributed by atoms with Crippen LogP contribution in [0.2, 0.25) is 0 Å². The van der Waals surface area contributed by atoms with Crippen LogP contribution >= 0.6 is 0 Å². The van der Waals surface area contributed by atoms with Gasteiger partial charge in [0.15, 0.2) is 0 Å². The number of fused-ring (bicyclic) bond motifs is 1. The number of likely N-dealkylation sites (tertiary alicyclic amines) is 1. The zero-order valence-electron chi connectivity index (χ0n) is 16.7. The van der Waals surface area contributed by atoms with Crippen LogP contribution in [-0.4, -0.2) is 69.3 Å². The zero-order chi connectivity index (χ0) is 22.0. The van der Waals surface area contributed by atoms with E-state index in [9.17, 15) is 24.0 Å². The van der Waals surface area contributed by atoms with Crippen molar-refractivity contribution in [2.75, 3.05) is 19.6 Å². The van der Waals surface area contributed by atoms with E-state index in [0.29, 0.717) is 37.1 Å². The van der Waals surface area contributed by atoms with Crippen molar-refractivity contribution < 1.29 is 19.2 Å². The van der Waals surface area contributed by atoms with Crippen molar-refractivity contribution in [1.82, 2.24) is 25.3 Å². The van der Waals surface area contributed by atoms with Gasteiger partial charge in [-0.1, -0.05) is 12.1 Å². The number of amides is 4.